The molecule has 1 saturated carbocycles. The lowest BCUT2D eigenvalue weighted by atomic mass is 9.96. The van der Waals surface area contributed by atoms with Crippen LogP contribution in [0.2, 0.25) is 0 Å². The van der Waals surface area contributed by atoms with E-state index in [2.05, 4.69) is 16.0 Å². The number of hydrogen-bond acceptors (Lipinski definition) is 2. The van der Waals surface area contributed by atoms with E-state index in [1.165, 1.54) is 32.1 Å². The van der Waals surface area contributed by atoms with E-state index in [9.17, 15) is 9.59 Å². The second kappa shape index (κ2) is 14.8. The first-order chi connectivity index (χ1) is 14.6. The molecule has 182 valence electrons. The summed E-state index contributed by atoms with van der Waals surface area (Å²) in [6.45, 7) is 4.18. The maximum absolute atomic E-state index is 12.6. The number of nitrogens with one attached hydrogen (secondary N) is 3. The van der Waals surface area contributed by atoms with Crippen molar-refractivity contribution in [3.63, 3.8) is 0 Å². The summed E-state index contributed by atoms with van der Waals surface area (Å²) in [5.41, 5.74) is 1.11. The van der Waals surface area contributed by atoms with Crippen molar-refractivity contribution < 1.29 is 9.59 Å². The summed E-state index contributed by atoms with van der Waals surface area (Å²) < 4.78 is 0. The van der Waals surface area contributed by atoms with E-state index in [1.54, 1.807) is 0 Å². The Balaban J connectivity index is 0.00000256. The topological polar surface area (TPSA) is 73.5 Å². The zero-order valence-electron chi connectivity index (χ0n) is 18.4. The van der Waals surface area contributed by atoms with E-state index in [-0.39, 0.29) is 33.0 Å². The zero-order chi connectivity index (χ0) is 21.2. The molecule has 1 aliphatic heterocycles. The molecule has 1 unspecified atom stereocenters. The minimum atomic E-state index is -0.0302. The van der Waals surface area contributed by atoms with Gasteiger partial charge in [-0.25, -0.2) is 9.59 Å². The van der Waals surface area contributed by atoms with Crippen LogP contribution in [0.1, 0.15) is 91.2 Å². The van der Waals surface area contributed by atoms with E-state index in [4.69, 9.17) is 0 Å². The second-order valence-corrected chi connectivity index (χ2v) is 8.91. The molecule has 1 atom stereocenters. The molecule has 2 aliphatic rings. The van der Waals surface area contributed by atoms with Gasteiger partial charge in [0.2, 0.25) is 0 Å². The standard InChI is InChI=1S/C24H38N4O2.2CH4/c1-19(21-10-6-5-7-11-21)26-24(30)28-16-14-20(15-17-28)18-25-23(29)27-22-12-8-3-2-4-9-13-22;;/h5-7,10-11,19-20,22H,2-4,8-9,12-18H2,1H3,(H,26,30)(H2,25,27,29);2*1H4. The number of nitrogens with zero attached hydrogens (tertiary/aromatic N) is 1. The summed E-state index contributed by atoms with van der Waals surface area (Å²) in [4.78, 5) is 26.7. The highest BCUT2D eigenvalue weighted by molar-refractivity contribution is 5.75. The molecule has 6 nitrogen and oxygen atoms in total. The quantitative estimate of drug-likeness (QED) is 0.530. The lowest BCUT2D eigenvalue weighted by molar-refractivity contribution is 0.166. The maximum atomic E-state index is 12.6. The maximum Gasteiger partial charge on any atom is 0.317 e. The molecule has 3 rings (SSSR count). The van der Waals surface area contributed by atoms with Gasteiger partial charge < -0.3 is 20.9 Å². The summed E-state index contributed by atoms with van der Waals surface area (Å²) in [7, 11) is 0. The first kappa shape index (κ1) is 27.8. The number of rotatable bonds is 5. The number of carbonyl (C=O) groups is 2. The van der Waals surface area contributed by atoms with E-state index < -0.39 is 0 Å². The van der Waals surface area contributed by atoms with Gasteiger partial charge in [0.15, 0.2) is 0 Å². The SMILES string of the molecule is C.C.CC(NC(=O)N1CCC(CNC(=O)NC2CCCCCCC2)CC1)c1ccccc1. The smallest absolute Gasteiger partial charge is 0.317 e. The molecule has 1 heterocycles. The molecule has 1 aromatic rings. The van der Waals surface area contributed by atoms with Gasteiger partial charge >= 0.3 is 12.1 Å². The van der Waals surface area contributed by atoms with Crippen molar-refractivity contribution >= 4 is 12.1 Å². The van der Waals surface area contributed by atoms with Crippen molar-refractivity contribution in [3.8, 4) is 0 Å². The second-order valence-electron chi connectivity index (χ2n) is 8.91. The number of piperidine rings is 1. The Kier molecular flexibility index (Phi) is 12.8. The third-order valence-corrected chi connectivity index (χ3v) is 6.53. The minimum Gasteiger partial charge on any atom is -0.338 e. The summed E-state index contributed by atoms with van der Waals surface area (Å²) in [5, 5.41) is 9.32. The molecule has 1 aromatic carbocycles. The average Bonchev–Trinajstić information content (AvgIpc) is 2.75. The number of likely N-dealkylation sites (tertiary alicyclic amines) is 1. The van der Waals surface area contributed by atoms with Gasteiger partial charge in [-0.2, -0.15) is 0 Å². The Morgan fingerprint density at radius 1 is 0.938 bits per heavy atom. The molecule has 32 heavy (non-hydrogen) atoms. The van der Waals surface area contributed by atoms with E-state index in [0.717, 1.165) is 44.3 Å². The van der Waals surface area contributed by atoms with E-state index in [0.29, 0.717) is 18.5 Å². The van der Waals surface area contributed by atoms with Gasteiger partial charge in [0.05, 0.1) is 6.04 Å². The lowest BCUT2D eigenvalue weighted by Gasteiger charge is -2.33. The highest BCUT2D eigenvalue weighted by Gasteiger charge is 2.24. The first-order valence-corrected chi connectivity index (χ1v) is 11.8. The Hall–Kier alpha value is -2.24. The fraction of sp³-hybridized carbons (Fsp3) is 0.692. The van der Waals surface area contributed by atoms with Crippen LogP contribution in [0.15, 0.2) is 30.3 Å². The van der Waals surface area contributed by atoms with Gasteiger partial charge in [0, 0.05) is 25.7 Å². The third kappa shape index (κ3) is 9.09. The predicted octanol–water partition coefficient (Wildman–Crippen LogP) is 5.85. The van der Waals surface area contributed by atoms with Crippen molar-refractivity contribution in [2.75, 3.05) is 19.6 Å². The summed E-state index contributed by atoms with van der Waals surface area (Å²) in [6.07, 6.45) is 10.4. The van der Waals surface area contributed by atoms with Crippen molar-refractivity contribution in [2.24, 2.45) is 5.92 Å². The van der Waals surface area contributed by atoms with Gasteiger partial charge in [-0.3, -0.25) is 0 Å². The van der Waals surface area contributed by atoms with Crippen LogP contribution in [0.3, 0.4) is 0 Å². The number of hydrogen-bond donors (Lipinski definition) is 3. The number of urea groups is 2. The van der Waals surface area contributed by atoms with Crippen molar-refractivity contribution in [1.82, 2.24) is 20.9 Å². The molecular formula is C26H46N4O2. The Morgan fingerprint density at radius 3 is 2.16 bits per heavy atom. The van der Waals surface area contributed by atoms with Gasteiger partial charge in [-0.05, 0) is 44.1 Å². The molecule has 0 radical (unpaired) electrons. The van der Waals surface area contributed by atoms with Crippen LogP contribution in [-0.2, 0) is 0 Å². The number of carbonyl (C=O) groups excluding carboxylic acids is 2. The fourth-order valence-corrected chi connectivity index (χ4v) is 4.52. The summed E-state index contributed by atoms with van der Waals surface area (Å²) >= 11 is 0. The van der Waals surface area contributed by atoms with Crippen LogP contribution < -0.4 is 16.0 Å². The normalized spacial score (nSPS) is 18.7. The molecule has 1 saturated heterocycles. The zero-order valence-corrected chi connectivity index (χ0v) is 18.4. The number of amides is 4. The molecule has 2 fully saturated rings. The molecular weight excluding hydrogens is 400 g/mol. The van der Waals surface area contributed by atoms with E-state index in [1.807, 2.05) is 42.2 Å². The first-order valence-electron chi connectivity index (χ1n) is 11.8. The van der Waals surface area contributed by atoms with Crippen LogP contribution >= 0.6 is 0 Å². The van der Waals surface area contributed by atoms with Crippen LogP contribution in [0.25, 0.3) is 0 Å². The van der Waals surface area contributed by atoms with Crippen molar-refractivity contribution in [3.05, 3.63) is 35.9 Å². The average molecular weight is 447 g/mol. The Labute approximate surface area is 195 Å². The lowest BCUT2D eigenvalue weighted by Crippen LogP contribution is -2.48. The van der Waals surface area contributed by atoms with Crippen LogP contribution in [0.5, 0.6) is 0 Å². The summed E-state index contributed by atoms with van der Waals surface area (Å²) in [5.74, 6) is 0.434. The van der Waals surface area contributed by atoms with E-state index >= 15 is 0 Å². The monoisotopic (exact) mass is 446 g/mol. The van der Waals surface area contributed by atoms with Crippen LogP contribution in [0.4, 0.5) is 9.59 Å². The molecule has 0 aromatic heterocycles. The Bertz CT molecular complexity index is 651. The minimum absolute atomic E-state index is 0. The van der Waals surface area contributed by atoms with Gasteiger partial charge in [0.25, 0.3) is 0 Å². The van der Waals surface area contributed by atoms with Gasteiger partial charge in [-0.1, -0.05) is 77.3 Å². The fourth-order valence-electron chi connectivity index (χ4n) is 4.52. The predicted molar refractivity (Wildman–Crippen MR) is 134 cm³/mol. The van der Waals surface area contributed by atoms with Crippen molar-refractivity contribution in [2.45, 2.75) is 91.6 Å². The summed E-state index contributed by atoms with van der Waals surface area (Å²) in [6, 6.07) is 10.3. The highest BCUT2D eigenvalue weighted by Crippen LogP contribution is 2.19. The van der Waals surface area contributed by atoms with Crippen LogP contribution in [0, 0.1) is 5.92 Å². The largest absolute Gasteiger partial charge is 0.338 e. The Morgan fingerprint density at radius 2 is 1.53 bits per heavy atom. The van der Waals surface area contributed by atoms with Crippen molar-refractivity contribution in [1.29, 1.82) is 0 Å². The third-order valence-electron chi connectivity index (χ3n) is 6.53. The van der Waals surface area contributed by atoms with Crippen LogP contribution in [-0.4, -0.2) is 42.6 Å². The molecule has 4 amide bonds. The number of benzene rings is 1. The van der Waals surface area contributed by atoms with Gasteiger partial charge in [0.1, 0.15) is 0 Å². The molecule has 0 bridgehead atoms. The molecule has 1 aliphatic carbocycles. The molecule has 0 spiro atoms. The highest BCUT2D eigenvalue weighted by atomic mass is 16.2. The molecule has 6 heteroatoms. The molecule has 3 N–H and O–H groups in total. The van der Waals surface area contributed by atoms with Gasteiger partial charge in [-0.15, -0.1) is 0 Å².